The molecule has 0 bridgehead atoms. The number of aromatic amines is 1. The monoisotopic (exact) mass is 414 g/mol. The topological polar surface area (TPSA) is 159 Å². The summed E-state index contributed by atoms with van der Waals surface area (Å²) in [5.74, 6) is 0.783. The molecule has 1 aromatic carbocycles. The molecular weight excluding hydrogens is 391 g/mol. The molecule has 30 heavy (non-hydrogen) atoms. The number of nitrogens with zero attached hydrogens (tertiary/aromatic N) is 4. The zero-order chi connectivity index (χ0) is 21.4. The second kappa shape index (κ2) is 7.65. The maximum atomic E-state index is 14.6. The molecule has 1 aliphatic rings. The van der Waals surface area contributed by atoms with Crippen LogP contribution < -0.4 is 21.7 Å². The van der Waals surface area contributed by atoms with Gasteiger partial charge in [0.15, 0.2) is 5.82 Å². The third-order valence-corrected chi connectivity index (χ3v) is 5.28. The lowest BCUT2D eigenvalue weighted by atomic mass is 9.90. The van der Waals surface area contributed by atoms with Crippen LogP contribution >= 0.6 is 0 Å². The number of nitrogens with one attached hydrogen (secondary N) is 2. The summed E-state index contributed by atoms with van der Waals surface area (Å²) in [6, 6.07) is 4.82. The second-order valence-corrected chi connectivity index (χ2v) is 7.76. The first kappa shape index (κ1) is 19.7. The van der Waals surface area contributed by atoms with Gasteiger partial charge in [0, 0.05) is 31.3 Å². The van der Waals surface area contributed by atoms with E-state index in [1.165, 1.54) is 6.07 Å². The van der Waals surface area contributed by atoms with Crippen molar-refractivity contribution in [1.82, 2.24) is 25.5 Å². The van der Waals surface area contributed by atoms with Crippen LogP contribution in [-0.2, 0) is 0 Å². The average molecular weight is 414 g/mol. The molecule has 1 saturated heterocycles. The number of piperidine rings is 1. The number of nitrogens with two attached hydrogens (primary N) is 2. The lowest BCUT2D eigenvalue weighted by Gasteiger charge is -2.37. The Morgan fingerprint density at radius 1 is 1.33 bits per heavy atom. The molecule has 2 atom stereocenters. The summed E-state index contributed by atoms with van der Waals surface area (Å²) in [6.45, 7) is 3.86. The van der Waals surface area contributed by atoms with Crippen molar-refractivity contribution in [3.8, 4) is 11.3 Å². The Hall–Kier alpha value is -3.63. The van der Waals surface area contributed by atoms with Crippen LogP contribution in [0.3, 0.4) is 0 Å². The van der Waals surface area contributed by atoms with Gasteiger partial charge in [-0.2, -0.15) is 10.1 Å². The largest absolute Gasteiger partial charge is 0.465 e. The molecule has 0 unspecified atom stereocenters. The van der Waals surface area contributed by atoms with Gasteiger partial charge in [0.1, 0.15) is 11.6 Å². The highest BCUT2D eigenvalue weighted by molar-refractivity contribution is 5.92. The fourth-order valence-corrected chi connectivity index (χ4v) is 4.09. The van der Waals surface area contributed by atoms with E-state index < -0.39 is 11.9 Å². The quantitative estimate of drug-likeness (QED) is 0.434. The number of hydrogen-bond acceptors (Lipinski definition) is 7. The minimum absolute atomic E-state index is 0.0746. The Bertz CT molecular complexity index is 1100. The smallest absolute Gasteiger partial charge is 0.404 e. The number of carbonyl (C=O) groups is 1. The Morgan fingerprint density at radius 2 is 2.13 bits per heavy atom. The van der Waals surface area contributed by atoms with Crippen molar-refractivity contribution in [2.24, 2.45) is 11.8 Å². The van der Waals surface area contributed by atoms with E-state index in [1.54, 1.807) is 12.1 Å². The summed E-state index contributed by atoms with van der Waals surface area (Å²) in [5, 5.41) is 18.1. The van der Waals surface area contributed by atoms with Gasteiger partial charge in [-0.15, -0.1) is 0 Å². The lowest BCUT2D eigenvalue weighted by Crippen LogP contribution is -2.44. The first-order chi connectivity index (χ1) is 14.3. The molecule has 11 heteroatoms. The molecule has 0 saturated carbocycles. The van der Waals surface area contributed by atoms with Crippen molar-refractivity contribution in [3.63, 3.8) is 0 Å². The van der Waals surface area contributed by atoms with E-state index in [0.717, 1.165) is 13.0 Å². The summed E-state index contributed by atoms with van der Waals surface area (Å²) in [4.78, 5) is 21.5. The van der Waals surface area contributed by atoms with Gasteiger partial charge < -0.3 is 26.8 Å². The first-order valence-corrected chi connectivity index (χ1v) is 9.60. The predicted molar refractivity (Wildman–Crippen MR) is 111 cm³/mol. The number of benzene rings is 1. The molecule has 0 spiro atoms. The molecule has 0 aliphatic carbocycles. The molecule has 4 rings (SSSR count). The number of anilines is 3. The molecule has 3 aromatic rings. The van der Waals surface area contributed by atoms with Crippen LogP contribution in [0.5, 0.6) is 0 Å². The zero-order valence-corrected chi connectivity index (χ0v) is 16.4. The van der Waals surface area contributed by atoms with Gasteiger partial charge in [-0.05, 0) is 30.4 Å². The Morgan fingerprint density at radius 3 is 2.90 bits per heavy atom. The number of aromatic nitrogens is 4. The minimum Gasteiger partial charge on any atom is -0.465 e. The Labute approximate surface area is 171 Å². The molecular formula is C19H23FN8O2. The van der Waals surface area contributed by atoms with Crippen molar-refractivity contribution in [2.75, 3.05) is 36.0 Å². The molecule has 158 valence electrons. The SMILES string of the molecule is C[C@@H]1C[C@H](CNC(=O)O)CN(c2cc(-c3cc(F)c4c(N)n[nH]c4c3)nc(N)n2)C1. The van der Waals surface area contributed by atoms with Gasteiger partial charge >= 0.3 is 6.09 Å². The van der Waals surface area contributed by atoms with Crippen molar-refractivity contribution < 1.29 is 14.3 Å². The third-order valence-electron chi connectivity index (χ3n) is 5.28. The molecule has 1 fully saturated rings. The van der Waals surface area contributed by atoms with Crippen LogP contribution in [0.1, 0.15) is 13.3 Å². The summed E-state index contributed by atoms with van der Waals surface area (Å²) < 4.78 is 14.6. The first-order valence-electron chi connectivity index (χ1n) is 9.60. The van der Waals surface area contributed by atoms with Gasteiger partial charge in [0.25, 0.3) is 0 Å². The summed E-state index contributed by atoms with van der Waals surface area (Å²) >= 11 is 0. The minimum atomic E-state index is -1.04. The van der Waals surface area contributed by atoms with E-state index in [4.69, 9.17) is 16.6 Å². The number of fused-ring (bicyclic) bond motifs is 1. The van der Waals surface area contributed by atoms with E-state index in [1.807, 2.05) is 0 Å². The van der Waals surface area contributed by atoms with Crippen molar-refractivity contribution in [2.45, 2.75) is 13.3 Å². The van der Waals surface area contributed by atoms with Crippen LogP contribution in [-0.4, -0.2) is 51.0 Å². The van der Waals surface area contributed by atoms with Gasteiger partial charge in [0.05, 0.1) is 16.6 Å². The van der Waals surface area contributed by atoms with Crippen LogP contribution in [0.4, 0.5) is 26.8 Å². The van der Waals surface area contributed by atoms with Crippen LogP contribution in [0.25, 0.3) is 22.2 Å². The van der Waals surface area contributed by atoms with Crippen LogP contribution in [0.15, 0.2) is 18.2 Å². The number of carboxylic acid groups (broad SMARTS) is 1. The highest BCUT2D eigenvalue weighted by Crippen LogP contribution is 2.31. The number of halogens is 1. The van der Waals surface area contributed by atoms with E-state index in [-0.39, 0.29) is 23.1 Å². The third kappa shape index (κ3) is 3.91. The fraction of sp³-hybridized carbons (Fsp3) is 0.368. The number of H-pyrrole nitrogens is 1. The highest BCUT2D eigenvalue weighted by atomic mass is 19.1. The molecule has 1 amide bonds. The molecule has 7 N–H and O–H groups in total. The average Bonchev–Trinajstić information content (AvgIpc) is 3.07. The molecule has 3 heterocycles. The van der Waals surface area contributed by atoms with Crippen molar-refractivity contribution in [3.05, 3.63) is 24.0 Å². The Kier molecular flexibility index (Phi) is 5.02. The molecule has 2 aromatic heterocycles. The van der Waals surface area contributed by atoms with Gasteiger partial charge in [0.2, 0.25) is 5.95 Å². The van der Waals surface area contributed by atoms with Crippen molar-refractivity contribution >= 4 is 34.6 Å². The summed E-state index contributed by atoms with van der Waals surface area (Å²) in [7, 11) is 0. The molecule has 1 aliphatic heterocycles. The highest BCUT2D eigenvalue weighted by Gasteiger charge is 2.26. The summed E-state index contributed by atoms with van der Waals surface area (Å²) in [5.41, 5.74) is 13.1. The van der Waals surface area contributed by atoms with E-state index in [2.05, 4.69) is 37.3 Å². The number of hydrogen-bond donors (Lipinski definition) is 5. The zero-order valence-electron chi connectivity index (χ0n) is 16.4. The maximum Gasteiger partial charge on any atom is 0.404 e. The lowest BCUT2D eigenvalue weighted by molar-refractivity contribution is 0.190. The fourth-order valence-electron chi connectivity index (χ4n) is 4.09. The van der Waals surface area contributed by atoms with E-state index >= 15 is 0 Å². The maximum absolute atomic E-state index is 14.6. The number of amides is 1. The molecule has 10 nitrogen and oxygen atoms in total. The molecule has 0 radical (unpaired) electrons. The van der Waals surface area contributed by atoms with E-state index in [9.17, 15) is 9.18 Å². The number of rotatable bonds is 4. The van der Waals surface area contributed by atoms with E-state index in [0.29, 0.717) is 41.6 Å². The predicted octanol–water partition coefficient (Wildman–Crippen LogP) is 2.05. The van der Waals surface area contributed by atoms with Gasteiger partial charge in [-0.25, -0.2) is 14.2 Å². The normalized spacial score (nSPS) is 19.2. The van der Waals surface area contributed by atoms with Crippen molar-refractivity contribution in [1.29, 1.82) is 0 Å². The van der Waals surface area contributed by atoms with Gasteiger partial charge in [-0.1, -0.05) is 6.92 Å². The second-order valence-electron chi connectivity index (χ2n) is 7.76. The summed E-state index contributed by atoms with van der Waals surface area (Å²) in [6.07, 6.45) is -0.127. The van der Waals surface area contributed by atoms with Crippen LogP contribution in [0, 0.1) is 17.7 Å². The van der Waals surface area contributed by atoms with Gasteiger partial charge in [-0.3, -0.25) is 5.10 Å². The standard InChI is InChI=1S/C19H23FN8O2/c1-9-2-10(6-23-19(29)30)8-28(7-9)15-5-13(24-18(22)25-15)11-3-12(20)16-14(4-11)26-27-17(16)21/h3-5,9-10,23H,2,6-8H2,1H3,(H,29,30)(H3,21,26,27)(H2,22,24,25)/t9-,10-/m1/s1. The van der Waals surface area contributed by atoms with Crippen LogP contribution in [0.2, 0.25) is 0 Å². The number of nitrogen functional groups attached to an aromatic ring is 2. The Balaban J connectivity index is 1.65.